The number of hydrogen-bond acceptors (Lipinski definition) is 4. The van der Waals surface area contributed by atoms with Gasteiger partial charge in [-0.3, -0.25) is 9.69 Å². The summed E-state index contributed by atoms with van der Waals surface area (Å²) in [4.78, 5) is 13.3. The highest BCUT2D eigenvalue weighted by molar-refractivity contribution is 5.69. The van der Waals surface area contributed by atoms with Gasteiger partial charge in [0.15, 0.2) is 0 Å². The maximum Gasteiger partial charge on any atom is 0.306 e. The molecule has 0 unspecified atom stereocenters. The number of ether oxygens (including phenoxy) is 1. The molecule has 0 atom stereocenters. The molecule has 2 N–H and O–H groups in total. The van der Waals surface area contributed by atoms with Crippen molar-refractivity contribution < 1.29 is 9.53 Å². The Kier molecular flexibility index (Phi) is 5.49. The standard InChI is InChI=1S/C13H20N2O2/c1-3-15(8-7-13(16)17-2)10-11-5-4-6-12(14)9-11/h4-6,9H,3,7-8,10,14H2,1-2H3. The zero-order valence-electron chi connectivity index (χ0n) is 10.5. The zero-order chi connectivity index (χ0) is 12.7. The van der Waals surface area contributed by atoms with E-state index in [1.807, 2.05) is 24.3 Å². The topological polar surface area (TPSA) is 55.6 Å². The summed E-state index contributed by atoms with van der Waals surface area (Å²) in [7, 11) is 1.41. The average Bonchev–Trinajstić information content (AvgIpc) is 2.34. The normalized spacial score (nSPS) is 10.5. The molecule has 0 radical (unpaired) electrons. The van der Waals surface area contributed by atoms with Crippen molar-refractivity contribution in [2.75, 3.05) is 25.9 Å². The van der Waals surface area contributed by atoms with E-state index in [1.54, 1.807) is 0 Å². The summed E-state index contributed by atoms with van der Waals surface area (Å²) in [5.41, 5.74) is 7.66. The zero-order valence-corrected chi connectivity index (χ0v) is 10.5. The molecule has 0 aliphatic rings. The molecule has 94 valence electrons. The Bertz CT molecular complexity index is 366. The lowest BCUT2D eigenvalue weighted by molar-refractivity contribution is -0.141. The quantitative estimate of drug-likeness (QED) is 0.603. The van der Waals surface area contributed by atoms with Gasteiger partial charge in [0, 0.05) is 18.8 Å². The van der Waals surface area contributed by atoms with Crippen LogP contribution in [-0.2, 0) is 16.1 Å². The predicted octanol–water partition coefficient (Wildman–Crippen LogP) is 1.65. The molecule has 0 saturated heterocycles. The van der Waals surface area contributed by atoms with Gasteiger partial charge in [0.05, 0.1) is 13.5 Å². The van der Waals surface area contributed by atoms with Gasteiger partial charge in [0.1, 0.15) is 0 Å². The molecule has 0 aliphatic carbocycles. The molecule has 17 heavy (non-hydrogen) atoms. The molecule has 0 saturated carbocycles. The average molecular weight is 236 g/mol. The highest BCUT2D eigenvalue weighted by atomic mass is 16.5. The SMILES string of the molecule is CCN(CCC(=O)OC)Cc1cccc(N)c1. The Hall–Kier alpha value is -1.55. The second-order valence-electron chi connectivity index (χ2n) is 3.94. The molecule has 1 aromatic rings. The lowest BCUT2D eigenvalue weighted by Crippen LogP contribution is -2.26. The number of carbonyl (C=O) groups excluding carboxylic acids is 1. The summed E-state index contributed by atoms with van der Waals surface area (Å²) >= 11 is 0. The minimum absolute atomic E-state index is 0.170. The van der Waals surface area contributed by atoms with Crippen LogP contribution in [0, 0.1) is 0 Å². The van der Waals surface area contributed by atoms with E-state index in [0.29, 0.717) is 13.0 Å². The van der Waals surface area contributed by atoms with Gasteiger partial charge in [-0.2, -0.15) is 0 Å². The second-order valence-corrected chi connectivity index (χ2v) is 3.94. The Morgan fingerprint density at radius 2 is 2.24 bits per heavy atom. The summed E-state index contributed by atoms with van der Waals surface area (Å²) in [5, 5.41) is 0. The molecule has 0 fully saturated rings. The van der Waals surface area contributed by atoms with Gasteiger partial charge in [-0.05, 0) is 24.2 Å². The van der Waals surface area contributed by atoms with E-state index in [9.17, 15) is 4.79 Å². The molecule has 4 nitrogen and oxygen atoms in total. The number of nitrogens with zero attached hydrogens (tertiary/aromatic N) is 1. The molecular formula is C13H20N2O2. The minimum atomic E-state index is -0.170. The first-order valence-corrected chi connectivity index (χ1v) is 5.79. The molecule has 0 bridgehead atoms. The van der Waals surface area contributed by atoms with Gasteiger partial charge in [-0.15, -0.1) is 0 Å². The molecule has 0 amide bonds. The number of carbonyl (C=O) groups is 1. The highest BCUT2D eigenvalue weighted by Gasteiger charge is 2.07. The largest absolute Gasteiger partial charge is 0.469 e. The van der Waals surface area contributed by atoms with Crippen molar-refractivity contribution in [3.8, 4) is 0 Å². The van der Waals surface area contributed by atoms with Crippen LogP contribution >= 0.6 is 0 Å². The van der Waals surface area contributed by atoms with Crippen LogP contribution in [0.2, 0.25) is 0 Å². The number of benzene rings is 1. The van der Waals surface area contributed by atoms with Gasteiger partial charge < -0.3 is 10.5 Å². The van der Waals surface area contributed by atoms with Gasteiger partial charge in [-0.25, -0.2) is 0 Å². The molecule has 4 heteroatoms. The number of methoxy groups -OCH3 is 1. The first-order valence-electron chi connectivity index (χ1n) is 5.79. The summed E-state index contributed by atoms with van der Waals surface area (Å²) in [5.74, 6) is -0.170. The van der Waals surface area contributed by atoms with E-state index in [0.717, 1.165) is 24.3 Å². The third-order valence-electron chi connectivity index (χ3n) is 2.66. The van der Waals surface area contributed by atoms with E-state index in [4.69, 9.17) is 5.73 Å². The molecule has 0 spiro atoms. The molecule has 0 aromatic heterocycles. The molecular weight excluding hydrogens is 216 g/mol. The number of esters is 1. The fourth-order valence-electron chi connectivity index (χ4n) is 1.65. The van der Waals surface area contributed by atoms with Gasteiger partial charge in [0.25, 0.3) is 0 Å². The van der Waals surface area contributed by atoms with Crippen LogP contribution in [0.1, 0.15) is 18.9 Å². The summed E-state index contributed by atoms with van der Waals surface area (Å²) < 4.78 is 4.63. The summed E-state index contributed by atoms with van der Waals surface area (Å²) in [6, 6.07) is 7.81. The third kappa shape index (κ3) is 4.87. The number of nitrogen functional groups attached to an aromatic ring is 1. The molecule has 1 rings (SSSR count). The predicted molar refractivity (Wildman–Crippen MR) is 68.4 cm³/mol. The summed E-state index contributed by atoms with van der Waals surface area (Å²) in [6.07, 6.45) is 0.423. The van der Waals surface area contributed by atoms with Crippen LogP contribution < -0.4 is 5.73 Å². The van der Waals surface area contributed by atoms with E-state index < -0.39 is 0 Å². The smallest absolute Gasteiger partial charge is 0.306 e. The number of nitrogens with two attached hydrogens (primary N) is 1. The highest BCUT2D eigenvalue weighted by Crippen LogP contribution is 2.09. The monoisotopic (exact) mass is 236 g/mol. The molecule has 0 heterocycles. The lowest BCUT2D eigenvalue weighted by Gasteiger charge is -2.19. The molecule has 0 aliphatic heterocycles. The fourth-order valence-corrected chi connectivity index (χ4v) is 1.65. The van der Waals surface area contributed by atoms with E-state index in [-0.39, 0.29) is 5.97 Å². The van der Waals surface area contributed by atoms with Crippen LogP contribution in [0.5, 0.6) is 0 Å². The summed E-state index contributed by atoms with van der Waals surface area (Å²) in [6.45, 7) is 4.48. The first-order chi connectivity index (χ1) is 8.15. The van der Waals surface area contributed by atoms with Gasteiger partial charge >= 0.3 is 5.97 Å². The van der Waals surface area contributed by atoms with Gasteiger partial charge in [-0.1, -0.05) is 19.1 Å². The maximum absolute atomic E-state index is 11.1. The van der Waals surface area contributed by atoms with Crippen LogP contribution in [0.3, 0.4) is 0 Å². The van der Waals surface area contributed by atoms with Crippen LogP contribution in [0.15, 0.2) is 24.3 Å². The Morgan fingerprint density at radius 1 is 1.47 bits per heavy atom. The maximum atomic E-state index is 11.1. The van der Waals surface area contributed by atoms with E-state index in [1.165, 1.54) is 7.11 Å². The van der Waals surface area contributed by atoms with Crippen LogP contribution in [0.25, 0.3) is 0 Å². The minimum Gasteiger partial charge on any atom is -0.469 e. The van der Waals surface area contributed by atoms with Crippen molar-refractivity contribution in [3.63, 3.8) is 0 Å². The Morgan fingerprint density at radius 3 is 2.82 bits per heavy atom. The number of rotatable bonds is 6. The van der Waals surface area contributed by atoms with Crippen molar-refractivity contribution in [2.24, 2.45) is 0 Å². The number of anilines is 1. The first kappa shape index (κ1) is 13.5. The Balaban J connectivity index is 2.49. The second kappa shape index (κ2) is 6.91. The van der Waals surface area contributed by atoms with Gasteiger partial charge in [0.2, 0.25) is 0 Å². The third-order valence-corrected chi connectivity index (χ3v) is 2.66. The van der Waals surface area contributed by atoms with E-state index >= 15 is 0 Å². The van der Waals surface area contributed by atoms with E-state index in [2.05, 4.69) is 16.6 Å². The van der Waals surface area contributed by atoms with Crippen molar-refractivity contribution >= 4 is 11.7 Å². The number of hydrogen-bond donors (Lipinski definition) is 1. The van der Waals surface area contributed by atoms with Crippen LogP contribution in [-0.4, -0.2) is 31.1 Å². The van der Waals surface area contributed by atoms with Crippen molar-refractivity contribution in [1.29, 1.82) is 0 Å². The van der Waals surface area contributed by atoms with Crippen molar-refractivity contribution in [3.05, 3.63) is 29.8 Å². The van der Waals surface area contributed by atoms with Crippen molar-refractivity contribution in [1.82, 2.24) is 4.90 Å². The van der Waals surface area contributed by atoms with Crippen molar-refractivity contribution in [2.45, 2.75) is 19.9 Å². The van der Waals surface area contributed by atoms with Crippen LogP contribution in [0.4, 0.5) is 5.69 Å². The Labute approximate surface area is 102 Å². The fraction of sp³-hybridized carbons (Fsp3) is 0.462. The lowest BCUT2D eigenvalue weighted by atomic mass is 10.2. The molecule has 1 aromatic carbocycles.